The average molecular weight is 156 g/mol. The predicted molar refractivity (Wildman–Crippen MR) is 33.3 cm³/mol. The van der Waals surface area contributed by atoms with Crippen LogP contribution in [0.25, 0.3) is 0 Å². The Hall–Kier alpha value is -1.06. The van der Waals surface area contributed by atoms with Gasteiger partial charge in [0.05, 0.1) is 0 Å². The van der Waals surface area contributed by atoms with Crippen LogP contribution < -0.4 is 0 Å². The Kier molecular flexibility index (Phi) is 1.34. The van der Waals surface area contributed by atoms with E-state index in [0.717, 1.165) is 12.8 Å². The lowest BCUT2D eigenvalue weighted by Gasteiger charge is -2.21. The van der Waals surface area contributed by atoms with Crippen LogP contribution in [0.2, 0.25) is 0 Å². The minimum atomic E-state index is -0.580. The molecule has 0 atom stereocenters. The molecule has 0 unspecified atom stereocenters. The fraction of sp³-hybridized carbons (Fsp3) is 0.714. The zero-order valence-corrected chi connectivity index (χ0v) is 5.91. The molecule has 1 saturated carbocycles. The van der Waals surface area contributed by atoms with Crippen molar-refractivity contribution in [3.63, 3.8) is 0 Å². The van der Waals surface area contributed by atoms with Crippen LogP contribution in [-0.4, -0.2) is 18.2 Å². The first kappa shape index (κ1) is 6.64. The molecule has 1 aliphatic carbocycles. The van der Waals surface area contributed by atoms with E-state index in [1.54, 1.807) is 0 Å². The van der Waals surface area contributed by atoms with E-state index in [2.05, 4.69) is 0 Å². The molecule has 0 aromatic rings. The Balaban J connectivity index is 1.99. The van der Waals surface area contributed by atoms with Crippen LogP contribution in [0.3, 0.4) is 0 Å². The molecule has 2 aliphatic rings. The molecule has 4 nitrogen and oxygen atoms in total. The van der Waals surface area contributed by atoms with E-state index in [9.17, 15) is 9.59 Å². The molecule has 0 bridgehead atoms. The van der Waals surface area contributed by atoms with Crippen LogP contribution in [0.15, 0.2) is 0 Å². The molecule has 1 heterocycles. The van der Waals surface area contributed by atoms with Crippen molar-refractivity contribution in [2.24, 2.45) is 5.92 Å². The number of carbonyl (C=O) groups is 2. The number of cyclic esters (lactones) is 2. The molecule has 60 valence electrons. The van der Waals surface area contributed by atoms with Crippen molar-refractivity contribution in [1.29, 1.82) is 0 Å². The number of hydrogen-bond acceptors (Lipinski definition) is 4. The van der Waals surface area contributed by atoms with Crippen LogP contribution >= 0.6 is 0 Å². The van der Waals surface area contributed by atoms with Gasteiger partial charge in [-0.15, -0.1) is 0 Å². The molecule has 0 N–H and O–H groups in total. The van der Waals surface area contributed by atoms with Crippen LogP contribution in [0.1, 0.15) is 19.3 Å². The van der Waals surface area contributed by atoms with Gasteiger partial charge in [-0.3, -0.25) is 9.59 Å². The highest BCUT2D eigenvalue weighted by molar-refractivity contribution is 5.92. The molecule has 1 saturated heterocycles. The van der Waals surface area contributed by atoms with Crippen LogP contribution in [0, 0.1) is 5.92 Å². The van der Waals surface area contributed by atoms with Crippen molar-refractivity contribution in [1.82, 2.24) is 0 Å². The monoisotopic (exact) mass is 156 g/mol. The molecule has 11 heavy (non-hydrogen) atoms. The Morgan fingerprint density at radius 1 is 1.09 bits per heavy atom. The van der Waals surface area contributed by atoms with Crippen molar-refractivity contribution < 1.29 is 19.1 Å². The highest BCUT2D eigenvalue weighted by Gasteiger charge is 2.40. The van der Waals surface area contributed by atoms with E-state index in [0.29, 0.717) is 0 Å². The van der Waals surface area contributed by atoms with Gasteiger partial charge in [-0.25, -0.2) is 0 Å². The Labute approximate surface area is 63.5 Å². The average Bonchev–Trinajstić information content (AvgIpc) is 2.64. The fourth-order valence-corrected chi connectivity index (χ4v) is 1.05. The third-order valence-electron chi connectivity index (χ3n) is 1.79. The summed E-state index contributed by atoms with van der Waals surface area (Å²) in [6.07, 6.45) is 1.17. The molecule has 0 radical (unpaired) electrons. The lowest BCUT2D eigenvalue weighted by Crippen LogP contribution is -2.33. The van der Waals surface area contributed by atoms with Crippen molar-refractivity contribution >= 4 is 11.9 Å². The van der Waals surface area contributed by atoms with Gasteiger partial charge < -0.3 is 9.47 Å². The summed E-state index contributed by atoms with van der Waals surface area (Å²) in [6, 6.07) is 0. The van der Waals surface area contributed by atoms with Gasteiger partial charge in [-0.1, -0.05) is 0 Å². The minimum Gasteiger partial charge on any atom is -0.424 e. The summed E-state index contributed by atoms with van der Waals surface area (Å²) in [4.78, 5) is 21.4. The largest absolute Gasteiger partial charge is 0.424 e. The number of rotatable bonds is 1. The van der Waals surface area contributed by atoms with E-state index in [1.165, 1.54) is 0 Å². The summed E-state index contributed by atoms with van der Waals surface area (Å²) in [5.74, 6) is -0.653. The summed E-state index contributed by atoms with van der Waals surface area (Å²) in [6.45, 7) is 0. The second-order valence-corrected chi connectivity index (χ2v) is 2.86. The first-order chi connectivity index (χ1) is 5.25. The third kappa shape index (κ3) is 1.34. The lowest BCUT2D eigenvalue weighted by atomic mass is 10.3. The van der Waals surface area contributed by atoms with Gasteiger partial charge in [-0.2, -0.15) is 0 Å². The van der Waals surface area contributed by atoms with Crippen LogP contribution in [-0.2, 0) is 19.1 Å². The van der Waals surface area contributed by atoms with Gasteiger partial charge in [0.2, 0.25) is 6.29 Å². The molecule has 2 fully saturated rings. The first-order valence-corrected chi connectivity index (χ1v) is 3.64. The summed E-state index contributed by atoms with van der Waals surface area (Å²) < 4.78 is 9.60. The Morgan fingerprint density at radius 2 is 1.64 bits per heavy atom. The lowest BCUT2D eigenvalue weighted by molar-refractivity contribution is -0.206. The Bertz CT molecular complexity index is 190. The van der Waals surface area contributed by atoms with Gasteiger partial charge >= 0.3 is 11.9 Å². The molecule has 0 aromatic carbocycles. The highest BCUT2D eigenvalue weighted by atomic mass is 16.7. The van der Waals surface area contributed by atoms with Crippen molar-refractivity contribution in [3.8, 4) is 0 Å². The molecule has 2 rings (SSSR count). The van der Waals surface area contributed by atoms with Crippen LogP contribution in [0.5, 0.6) is 0 Å². The molecular weight excluding hydrogens is 148 g/mol. The quantitative estimate of drug-likeness (QED) is 0.402. The Morgan fingerprint density at radius 3 is 2.09 bits per heavy atom. The maximum atomic E-state index is 10.7. The van der Waals surface area contributed by atoms with E-state index in [4.69, 9.17) is 9.47 Å². The summed E-state index contributed by atoms with van der Waals surface area (Å²) in [7, 11) is 0. The standard InChI is InChI=1S/C7H8O4/c8-5-3-6(9)11-7(10-5)4-1-2-4/h4,7H,1-3H2. The van der Waals surface area contributed by atoms with E-state index >= 15 is 0 Å². The number of ether oxygens (including phenoxy) is 2. The third-order valence-corrected chi connectivity index (χ3v) is 1.79. The summed E-state index contributed by atoms with van der Waals surface area (Å²) >= 11 is 0. The van der Waals surface area contributed by atoms with Crippen LogP contribution in [0.4, 0.5) is 0 Å². The van der Waals surface area contributed by atoms with Crippen molar-refractivity contribution in [2.45, 2.75) is 25.6 Å². The molecule has 1 aliphatic heterocycles. The zero-order chi connectivity index (χ0) is 7.84. The fourth-order valence-electron chi connectivity index (χ4n) is 1.05. The predicted octanol–water partition coefficient (Wildman–Crippen LogP) is 0.213. The zero-order valence-electron chi connectivity index (χ0n) is 5.91. The SMILES string of the molecule is O=C1CC(=O)OC(C2CC2)O1. The highest BCUT2D eigenvalue weighted by Crippen LogP contribution is 2.36. The topological polar surface area (TPSA) is 52.6 Å². The second-order valence-electron chi connectivity index (χ2n) is 2.86. The second kappa shape index (κ2) is 2.22. The number of esters is 2. The van der Waals surface area contributed by atoms with Gasteiger partial charge in [0.1, 0.15) is 6.42 Å². The molecule has 0 aromatic heterocycles. The number of carbonyl (C=O) groups excluding carboxylic acids is 2. The van der Waals surface area contributed by atoms with Crippen molar-refractivity contribution in [3.05, 3.63) is 0 Å². The molecule has 0 amide bonds. The number of hydrogen-bond donors (Lipinski definition) is 0. The maximum Gasteiger partial charge on any atom is 0.320 e. The minimum absolute atomic E-state index is 0.233. The van der Waals surface area contributed by atoms with Gasteiger partial charge in [0, 0.05) is 5.92 Å². The van der Waals surface area contributed by atoms with Gasteiger partial charge in [0.25, 0.3) is 0 Å². The van der Waals surface area contributed by atoms with Gasteiger partial charge in [0.15, 0.2) is 0 Å². The van der Waals surface area contributed by atoms with Crippen molar-refractivity contribution in [2.75, 3.05) is 0 Å². The molecular formula is C7H8O4. The van der Waals surface area contributed by atoms with E-state index in [-0.39, 0.29) is 12.3 Å². The van der Waals surface area contributed by atoms with Gasteiger partial charge in [-0.05, 0) is 12.8 Å². The van der Waals surface area contributed by atoms with E-state index < -0.39 is 18.2 Å². The van der Waals surface area contributed by atoms with E-state index in [1.807, 2.05) is 0 Å². The first-order valence-electron chi connectivity index (χ1n) is 3.64. The summed E-state index contributed by atoms with van der Waals surface area (Å²) in [5, 5.41) is 0. The maximum absolute atomic E-state index is 10.7. The molecule has 0 spiro atoms. The summed E-state index contributed by atoms with van der Waals surface area (Å²) in [5.41, 5.74) is 0. The smallest absolute Gasteiger partial charge is 0.320 e. The molecule has 4 heteroatoms. The normalized spacial score (nSPS) is 26.2.